The third-order valence-electron chi connectivity index (χ3n) is 8.05. The summed E-state index contributed by atoms with van der Waals surface area (Å²) in [6.07, 6.45) is 1.77. The highest BCUT2D eigenvalue weighted by molar-refractivity contribution is 6.11. The van der Waals surface area contributed by atoms with Crippen molar-refractivity contribution in [1.29, 1.82) is 0 Å². The lowest BCUT2D eigenvalue weighted by Gasteiger charge is -2.45. The van der Waals surface area contributed by atoms with Crippen LogP contribution in [0.25, 0.3) is 10.8 Å². The normalized spacial score (nSPS) is 21.2. The summed E-state index contributed by atoms with van der Waals surface area (Å²) in [5.41, 5.74) is 6.96. The Morgan fingerprint density at radius 1 is 1.05 bits per heavy atom. The number of aromatic nitrogens is 2. The van der Waals surface area contributed by atoms with E-state index in [1.807, 2.05) is 82.0 Å². The Hall–Kier alpha value is -4.12. The lowest BCUT2D eigenvalue weighted by Crippen LogP contribution is -2.59. The summed E-state index contributed by atoms with van der Waals surface area (Å²) in [5.74, 6) is -0.0373. The van der Waals surface area contributed by atoms with Gasteiger partial charge in [0.2, 0.25) is 0 Å². The van der Waals surface area contributed by atoms with Gasteiger partial charge in [-0.3, -0.25) is 4.79 Å². The van der Waals surface area contributed by atoms with Crippen LogP contribution in [-0.4, -0.2) is 88.8 Å². The van der Waals surface area contributed by atoms with Crippen LogP contribution in [0.2, 0.25) is 0 Å². The molecule has 3 aromatic rings. The molecule has 2 fully saturated rings. The van der Waals surface area contributed by atoms with E-state index in [2.05, 4.69) is 22.2 Å². The van der Waals surface area contributed by atoms with E-state index in [4.69, 9.17) is 20.2 Å². The van der Waals surface area contributed by atoms with E-state index >= 15 is 0 Å². The lowest BCUT2D eigenvalue weighted by atomic mass is 10.1. The Bertz CT molecular complexity index is 1470. The second kappa shape index (κ2) is 12.2. The summed E-state index contributed by atoms with van der Waals surface area (Å²) in [5, 5.41) is 4.92. The molecule has 0 bridgehead atoms. The average molecular weight is 590 g/mol. The Balaban J connectivity index is 1.46. The van der Waals surface area contributed by atoms with Crippen molar-refractivity contribution in [2.45, 2.75) is 71.2 Å². The number of nitrogens with one attached hydrogen (secondary N) is 1. The highest BCUT2D eigenvalue weighted by Crippen LogP contribution is 2.33. The maximum absolute atomic E-state index is 13.8. The van der Waals surface area contributed by atoms with E-state index in [9.17, 15) is 9.59 Å². The lowest BCUT2D eigenvalue weighted by molar-refractivity contribution is 0.0192. The Morgan fingerprint density at radius 2 is 1.74 bits per heavy atom. The number of rotatable bonds is 6. The maximum Gasteiger partial charge on any atom is 0.410 e. The van der Waals surface area contributed by atoms with Gasteiger partial charge in [0.15, 0.2) is 11.5 Å². The summed E-state index contributed by atoms with van der Waals surface area (Å²) >= 11 is 0. The van der Waals surface area contributed by atoms with Gasteiger partial charge in [-0.15, -0.1) is 0 Å². The van der Waals surface area contributed by atoms with Gasteiger partial charge in [0.1, 0.15) is 17.9 Å². The Kier molecular flexibility index (Phi) is 8.64. The third-order valence-corrected chi connectivity index (χ3v) is 8.05. The minimum Gasteiger partial charge on any atom is -0.462 e. The number of fused-ring (bicyclic) bond motifs is 1. The van der Waals surface area contributed by atoms with Gasteiger partial charge in [-0.25, -0.2) is 4.79 Å². The number of piperazine rings is 1. The van der Waals surface area contributed by atoms with Crippen LogP contribution in [-0.2, 0) is 4.74 Å². The minimum absolute atomic E-state index is 0.0432. The molecular formula is C32H43N7O4. The molecule has 0 unspecified atom stereocenters. The fraction of sp³-hybridized carbons (Fsp3) is 0.500. The van der Waals surface area contributed by atoms with E-state index in [-0.39, 0.29) is 41.6 Å². The predicted octanol–water partition coefficient (Wildman–Crippen LogP) is 4.77. The van der Waals surface area contributed by atoms with Crippen LogP contribution in [0.5, 0.6) is 6.01 Å². The van der Waals surface area contributed by atoms with Gasteiger partial charge in [0.25, 0.3) is 5.91 Å². The Morgan fingerprint density at radius 3 is 2.42 bits per heavy atom. The number of nitrogen functional groups attached to an aromatic ring is 1. The van der Waals surface area contributed by atoms with E-state index in [0.29, 0.717) is 31.2 Å². The highest BCUT2D eigenvalue weighted by atomic mass is 16.6. The molecule has 2 aliphatic heterocycles. The van der Waals surface area contributed by atoms with Crippen molar-refractivity contribution in [2.24, 2.45) is 0 Å². The summed E-state index contributed by atoms with van der Waals surface area (Å²) in [4.78, 5) is 41.9. The van der Waals surface area contributed by atoms with E-state index in [1.165, 1.54) is 0 Å². The first-order chi connectivity index (χ1) is 20.4. The fourth-order valence-electron chi connectivity index (χ4n) is 5.96. The third kappa shape index (κ3) is 6.77. The maximum atomic E-state index is 13.8. The van der Waals surface area contributed by atoms with Crippen molar-refractivity contribution < 1.29 is 19.1 Å². The number of likely N-dealkylation sites (N-methyl/N-ethyl adjacent to an activating group) is 1. The monoisotopic (exact) mass is 589 g/mol. The van der Waals surface area contributed by atoms with Gasteiger partial charge < -0.3 is 35.2 Å². The Labute approximate surface area is 253 Å². The first kappa shape index (κ1) is 30.3. The van der Waals surface area contributed by atoms with Gasteiger partial charge in [-0.2, -0.15) is 9.97 Å². The van der Waals surface area contributed by atoms with Crippen molar-refractivity contribution >= 4 is 40.0 Å². The molecule has 1 aromatic heterocycles. The number of likely N-dealkylation sites (tertiary alicyclic amines) is 1. The largest absolute Gasteiger partial charge is 0.462 e. The number of benzene rings is 2. The molecule has 230 valence electrons. The molecule has 3 atom stereocenters. The fourth-order valence-corrected chi connectivity index (χ4v) is 5.96. The number of hydrogen-bond acceptors (Lipinski definition) is 9. The van der Waals surface area contributed by atoms with Crippen LogP contribution in [0.4, 0.5) is 22.0 Å². The van der Waals surface area contributed by atoms with E-state index in [1.54, 1.807) is 4.90 Å². The smallest absolute Gasteiger partial charge is 0.410 e. The van der Waals surface area contributed by atoms with Crippen LogP contribution in [0.1, 0.15) is 57.9 Å². The molecule has 3 N–H and O–H groups in total. The second-order valence-corrected chi connectivity index (χ2v) is 12.7. The number of amides is 2. The van der Waals surface area contributed by atoms with Crippen LogP contribution in [0.15, 0.2) is 42.5 Å². The summed E-state index contributed by atoms with van der Waals surface area (Å²) < 4.78 is 11.8. The molecule has 11 heteroatoms. The van der Waals surface area contributed by atoms with Gasteiger partial charge in [-0.05, 0) is 72.5 Å². The molecule has 2 aliphatic rings. The number of ether oxygens (including phenoxy) is 2. The van der Waals surface area contributed by atoms with Gasteiger partial charge >= 0.3 is 12.1 Å². The summed E-state index contributed by atoms with van der Waals surface area (Å²) in [7, 11) is 2.08. The zero-order valence-corrected chi connectivity index (χ0v) is 26.0. The molecular weight excluding hydrogens is 546 g/mol. The predicted molar refractivity (Wildman–Crippen MR) is 169 cm³/mol. The zero-order valence-electron chi connectivity index (χ0n) is 26.0. The van der Waals surface area contributed by atoms with Gasteiger partial charge in [-0.1, -0.05) is 36.4 Å². The number of anilines is 3. The molecule has 11 nitrogen and oxygen atoms in total. The minimum atomic E-state index is -0.594. The molecule has 43 heavy (non-hydrogen) atoms. The molecule has 2 amide bonds. The van der Waals surface area contributed by atoms with Gasteiger partial charge in [0, 0.05) is 42.3 Å². The van der Waals surface area contributed by atoms with Crippen molar-refractivity contribution in [3.63, 3.8) is 0 Å². The van der Waals surface area contributed by atoms with Crippen molar-refractivity contribution in [1.82, 2.24) is 19.8 Å². The van der Waals surface area contributed by atoms with Gasteiger partial charge in [0.05, 0.1) is 0 Å². The van der Waals surface area contributed by atoms with Crippen molar-refractivity contribution in [3.05, 3.63) is 48.2 Å². The van der Waals surface area contributed by atoms with E-state index < -0.39 is 11.5 Å². The standard InChI is InChI=1S/C32H43N7O4/c1-20-17-38(31(41)43-32(3,4)5)18-21(2)39(20)28-26(33)27(35-30(36-28)42-19-23-13-10-16-37(23)6)29(40)34-25-15-9-12-22-11-7-8-14-24(22)25/h7-9,11-12,14-15,20-21,23H,10,13,16-19,33H2,1-6H3,(H,34,40)/t20-,21-,23-/m0/s1. The zero-order chi connectivity index (χ0) is 30.9. The molecule has 2 aromatic carbocycles. The van der Waals surface area contributed by atoms with Crippen LogP contribution in [0, 0.1) is 0 Å². The number of nitrogens with zero attached hydrogens (tertiary/aromatic N) is 5. The molecule has 0 spiro atoms. The van der Waals surface area contributed by atoms with Crippen LogP contribution >= 0.6 is 0 Å². The summed E-state index contributed by atoms with van der Waals surface area (Å²) in [6, 6.07) is 13.6. The SMILES string of the molecule is C[C@H]1CN(C(=O)OC(C)(C)C)C[C@H](C)N1c1nc(OC[C@@H]2CCCN2C)nc(C(=O)Nc2cccc3ccccc23)c1N. The number of carbonyl (C=O) groups excluding carboxylic acids is 2. The topological polar surface area (TPSA) is 126 Å². The van der Waals surface area contributed by atoms with Crippen molar-refractivity contribution in [3.8, 4) is 6.01 Å². The first-order valence-corrected chi connectivity index (χ1v) is 15.0. The molecule has 2 saturated heterocycles. The highest BCUT2D eigenvalue weighted by Gasteiger charge is 2.37. The number of carbonyl (C=O) groups is 2. The molecule has 3 heterocycles. The molecule has 5 rings (SSSR count). The van der Waals surface area contributed by atoms with Crippen LogP contribution in [0.3, 0.4) is 0 Å². The second-order valence-electron chi connectivity index (χ2n) is 12.7. The first-order valence-electron chi connectivity index (χ1n) is 15.0. The van der Waals surface area contributed by atoms with Crippen LogP contribution < -0.4 is 20.7 Å². The summed E-state index contributed by atoms with van der Waals surface area (Å²) in [6.45, 7) is 11.8. The van der Waals surface area contributed by atoms with Crippen molar-refractivity contribution in [2.75, 3.05) is 49.2 Å². The average Bonchev–Trinajstić information content (AvgIpc) is 3.36. The molecule has 0 radical (unpaired) electrons. The molecule has 0 aliphatic carbocycles. The number of hydrogen-bond donors (Lipinski definition) is 2. The molecule has 0 saturated carbocycles. The number of nitrogens with two attached hydrogens (primary N) is 1. The van der Waals surface area contributed by atoms with E-state index in [0.717, 1.165) is 30.2 Å². The quantitative estimate of drug-likeness (QED) is 0.418.